The van der Waals surface area contributed by atoms with Crippen molar-refractivity contribution >= 4 is 11.8 Å². The van der Waals surface area contributed by atoms with Crippen molar-refractivity contribution in [1.29, 1.82) is 0 Å². The van der Waals surface area contributed by atoms with Gasteiger partial charge in [-0.05, 0) is 58.7 Å². The third kappa shape index (κ3) is 10.7. The highest BCUT2D eigenvalue weighted by molar-refractivity contribution is 5.61. The second-order valence-corrected chi connectivity index (χ2v) is 11.7. The smallest absolute Gasteiger partial charge is 0.497 e. The largest absolute Gasteiger partial charge is 0.508 e. The van der Waals surface area contributed by atoms with Crippen molar-refractivity contribution in [2.75, 3.05) is 65.2 Å². The lowest BCUT2D eigenvalue weighted by atomic mass is 9.82. The maximum absolute atomic E-state index is 12.5. The van der Waals surface area contributed by atoms with E-state index in [2.05, 4.69) is 53.9 Å². The molecule has 4 atom stereocenters. The summed E-state index contributed by atoms with van der Waals surface area (Å²) in [5.41, 5.74) is 3.22. The molecule has 4 N–H and O–H groups in total. The number of rotatable bonds is 18. The molecule has 17 heteroatoms. The SMILES string of the molecule is COCCCN1CCOc2ccc(COC3CNC(CC(OC(=O)OCCCON(O)O)c4nnn[nH]4)CC3c3ccc(OC)cc3)cc21. The van der Waals surface area contributed by atoms with E-state index in [0.29, 0.717) is 39.2 Å². The topological polar surface area (TPSA) is 195 Å². The van der Waals surface area contributed by atoms with E-state index in [4.69, 9.17) is 38.8 Å². The third-order valence-electron chi connectivity index (χ3n) is 8.48. The van der Waals surface area contributed by atoms with Crippen molar-refractivity contribution in [3.8, 4) is 11.5 Å². The Balaban J connectivity index is 1.24. The molecule has 0 saturated carbocycles. The Morgan fingerprint density at radius 3 is 2.73 bits per heavy atom. The molecule has 3 heterocycles. The lowest BCUT2D eigenvalue weighted by Gasteiger charge is -2.38. The molecule has 0 radical (unpaired) electrons. The van der Waals surface area contributed by atoms with Gasteiger partial charge in [-0.3, -0.25) is 15.3 Å². The first-order valence-electron chi connectivity index (χ1n) is 16.3. The van der Waals surface area contributed by atoms with Crippen LogP contribution in [0.25, 0.3) is 0 Å². The number of carbonyl (C=O) groups excluding carboxylic acids is 1. The van der Waals surface area contributed by atoms with Crippen LogP contribution >= 0.6 is 0 Å². The average molecular weight is 688 g/mol. The normalized spacial score (nSPS) is 19.6. The molecule has 3 aromatic rings. The van der Waals surface area contributed by atoms with E-state index in [0.717, 1.165) is 47.8 Å². The quantitative estimate of drug-likeness (QED) is 0.0864. The Kier molecular flexibility index (Phi) is 13.7. The van der Waals surface area contributed by atoms with Crippen LogP contribution in [0, 0.1) is 0 Å². The van der Waals surface area contributed by atoms with E-state index >= 15 is 0 Å². The van der Waals surface area contributed by atoms with Gasteiger partial charge in [0.05, 0.1) is 50.7 Å². The minimum absolute atomic E-state index is 0.0155. The summed E-state index contributed by atoms with van der Waals surface area (Å²) in [7, 11) is 3.36. The van der Waals surface area contributed by atoms with Crippen LogP contribution in [0.2, 0.25) is 0 Å². The Morgan fingerprint density at radius 2 is 1.98 bits per heavy atom. The van der Waals surface area contributed by atoms with Gasteiger partial charge in [0.2, 0.25) is 0 Å². The Bertz CT molecular complexity index is 1420. The molecule has 268 valence electrons. The van der Waals surface area contributed by atoms with Crippen molar-refractivity contribution in [2.24, 2.45) is 0 Å². The fourth-order valence-electron chi connectivity index (χ4n) is 6.05. The maximum atomic E-state index is 12.5. The fraction of sp³-hybridized carbons (Fsp3) is 0.562. The molecular formula is C32H45N7O10. The van der Waals surface area contributed by atoms with Gasteiger partial charge in [-0.15, -0.1) is 5.10 Å². The Hall–Kier alpha value is -4.10. The molecule has 0 spiro atoms. The van der Waals surface area contributed by atoms with Crippen molar-refractivity contribution in [2.45, 2.75) is 56.5 Å². The highest BCUT2D eigenvalue weighted by Crippen LogP contribution is 2.36. The molecule has 1 saturated heterocycles. The zero-order valence-electron chi connectivity index (χ0n) is 27.7. The maximum Gasteiger partial charge on any atom is 0.508 e. The van der Waals surface area contributed by atoms with Crippen LogP contribution in [0.4, 0.5) is 10.5 Å². The molecule has 2 aliphatic heterocycles. The minimum atomic E-state index is -0.914. The van der Waals surface area contributed by atoms with Crippen LogP contribution in [0.15, 0.2) is 42.5 Å². The summed E-state index contributed by atoms with van der Waals surface area (Å²) >= 11 is 0. The summed E-state index contributed by atoms with van der Waals surface area (Å²) in [5, 5.41) is 34.4. The van der Waals surface area contributed by atoms with E-state index in [1.165, 1.54) is 0 Å². The van der Waals surface area contributed by atoms with E-state index in [1.807, 2.05) is 24.3 Å². The first kappa shape index (κ1) is 36.2. The number of H-pyrrole nitrogens is 1. The number of aromatic amines is 1. The number of methoxy groups -OCH3 is 2. The summed E-state index contributed by atoms with van der Waals surface area (Å²) < 4.78 is 34.0. The number of fused-ring (bicyclic) bond motifs is 1. The molecule has 2 aromatic carbocycles. The molecular weight excluding hydrogens is 642 g/mol. The summed E-state index contributed by atoms with van der Waals surface area (Å²) in [6.45, 7) is 3.91. The number of hydrogen-bond acceptors (Lipinski definition) is 16. The zero-order valence-corrected chi connectivity index (χ0v) is 27.7. The van der Waals surface area contributed by atoms with Gasteiger partial charge < -0.3 is 38.6 Å². The number of nitrogens with zero attached hydrogens (tertiary/aromatic N) is 5. The molecule has 0 aliphatic carbocycles. The highest BCUT2D eigenvalue weighted by Gasteiger charge is 2.35. The molecule has 4 unspecified atom stereocenters. The number of aromatic nitrogens is 4. The van der Waals surface area contributed by atoms with Crippen LogP contribution in [-0.2, 0) is 30.4 Å². The lowest BCUT2D eigenvalue weighted by Crippen LogP contribution is -2.47. The Morgan fingerprint density at radius 1 is 1.12 bits per heavy atom. The van der Waals surface area contributed by atoms with E-state index in [-0.39, 0.29) is 43.5 Å². The summed E-state index contributed by atoms with van der Waals surface area (Å²) in [4.78, 5) is 19.3. The molecule has 17 nitrogen and oxygen atoms in total. The second-order valence-electron chi connectivity index (χ2n) is 11.7. The summed E-state index contributed by atoms with van der Waals surface area (Å²) in [6, 6.07) is 14.1. The predicted octanol–water partition coefficient (Wildman–Crippen LogP) is 3.16. The lowest BCUT2D eigenvalue weighted by molar-refractivity contribution is -0.492. The molecule has 0 amide bonds. The van der Waals surface area contributed by atoms with Crippen LogP contribution in [0.3, 0.4) is 0 Å². The number of piperidine rings is 1. The zero-order chi connectivity index (χ0) is 34.4. The van der Waals surface area contributed by atoms with Gasteiger partial charge in [0, 0.05) is 51.6 Å². The summed E-state index contributed by atoms with van der Waals surface area (Å²) in [6.07, 6.45) is 0.296. The van der Waals surface area contributed by atoms with Crippen LogP contribution in [0.1, 0.15) is 54.7 Å². The van der Waals surface area contributed by atoms with Crippen molar-refractivity contribution in [3.63, 3.8) is 0 Å². The molecule has 1 fully saturated rings. The number of tetrazole rings is 1. The third-order valence-corrected chi connectivity index (χ3v) is 8.48. The first-order chi connectivity index (χ1) is 23.9. The molecule has 1 aromatic heterocycles. The molecule has 0 bridgehead atoms. The molecule has 5 rings (SSSR count). The predicted molar refractivity (Wildman–Crippen MR) is 171 cm³/mol. The minimum Gasteiger partial charge on any atom is -0.497 e. The van der Waals surface area contributed by atoms with E-state index in [1.54, 1.807) is 14.2 Å². The molecule has 49 heavy (non-hydrogen) atoms. The molecule has 2 aliphatic rings. The summed E-state index contributed by atoms with van der Waals surface area (Å²) in [5.74, 6) is 1.94. The number of ether oxygens (including phenoxy) is 6. The van der Waals surface area contributed by atoms with Gasteiger partial charge in [-0.1, -0.05) is 18.2 Å². The first-order valence-corrected chi connectivity index (χ1v) is 16.3. The standard InChI is InChI=1S/C32H45N7O10/c1-43-13-3-11-38-12-16-45-28-10-5-22(17-27(28)38)21-47-30-20-33-24(18-26(30)23-6-8-25(44-2)9-7-23)19-29(31-34-36-37-35-31)49-32(40)46-14-4-15-48-39(41)42/h5-10,17,24,26,29-30,33,41-42H,3-4,11-16,18-21H2,1-2H3,(H,34,35,36,37). The van der Waals surface area contributed by atoms with Crippen molar-refractivity contribution < 1.29 is 48.5 Å². The van der Waals surface area contributed by atoms with Gasteiger partial charge in [-0.25, -0.2) is 9.89 Å². The average Bonchev–Trinajstić information content (AvgIpc) is 3.66. The monoisotopic (exact) mass is 687 g/mol. The van der Waals surface area contributed by atoms with Crippen LogP contribution < -0.4 is 19.7 Å². The van der Waals surface area contributed by atoms with E-state index < -0.39 is 17.6 Å². The van der Waals surface area contributed by atoms with Crippen molar-refractivity contribution in [3.05, 3.63) is 59.4 Å². The second kappa shape index (κ2) is 18.6. The van der Waals surface area contributed by atoms with E-state index in [9.17, 15) is 4.79 Å². The van der Waals surface area contributed by atoms with Gasteiger partial charge >= 0.3 is 6.16 Å². The van der Waals surface area contributed by atoms with Gasteiger partial charge in [-0.2, -0.15) is 0 Å². The number of hydrogen-bond donors (Lipinski definition) is 4. The van der Waals surface area contributed by atoms with Crippen LogP contribution in [0.5, 0.6) is 11.5 Å². The number of anilines is 1. The van der Waals surface area contributed by atoms with Crippen molar-refractivity contribution in [1.82, 2.24) is 31.3 Å². The Labute approximate surface area is 284 Å². The number of nitrogens with one attached hydrogen (secondary N) is 2. The fourth-order valence-corrected chi connectivity index (χ4v) is 6.05. The van der Waals surface area contributed by atoms with Gasteiger partial charge in [0.25, 0.3) is 0 Å². The highest BCUT2D eigenvalue weighted by atomic mass is 17.1. The van der Waals surface area contributed by atoms with Gasteiger partial charge in [0.1, 0.15) is 18.1 Å². The number of benzene rings is 2. The number of carbonyl (C=O) groups is 1. The van der Waals surface area contributed by atoms with Gasteiger partial charge in [0.15, 0.2) is 11.9 Å². The van der Waals surface area contributed by atoms with Crippen LogP contribution in [-0.4, -0.2) is 115 Å².